The van der Waals surface area contributed by atoms with Crippen molar-refractivity contribution in [1.29, 1.82) is 0 Å². The van der Waals surface area contributed by atoms with Crippen molar-refractivity contribution in [1.82, 2.24) is 0 Å². The molecule has 0 amide bonds. The Morgan fingerprint density at radius 1 is 0.610 bits per heavy atom. The summed E-state index contributed by atoms with van der Waals surface area (Å²) in [7, 11) is -3.71. The lowest BCUT2D eigenvalue weighted by molar-refractivity contribution is 0.236. The third kappa shape index (κ3) is 8.21. The fraction of sp³-hybridized carbons (Fsp3) is 0.373. The topological polar surface area (TPSA) is 55.4 Å². The maximum absolute atomic E-state index is 7.12. The molecule has 0 fully saturated rings. The van der Waals surface area contributed by atoms with Crippen LogP contribution in [0.2, 0.25) is 0 Å². The zero-order chi connectivity index (χ0) is 41.9. The van der Waals surface area contributed by atoms with Crippen molar-refractivity contribution in [2.45, 2.75) is 115 Å². The van der Waals surface area contributed by atoms with Gasteiger partial charge in [-0.2, -0.15) is 0 Å². The van der Waals surface area contributed by atoms with Gasteiger partial charge in [0.2, 0.25) is 0 Å². The Hall–Kier alpha value is -4.50. The molecule has 3 atom stereocenters. The molecule has 0 bridgehead atoms. The van der Waals surface area contributed by atoms with Crippen LogP contribution < -0.4 is 18.1 Å². The number of hydrogen-bond donors (Lipinski definition) is 0. The van der Waals surface area contributed by atoms with Gasteiger partial charge in [-0.25, -0.2) is 0 Å². The highest BCUT2D eigenvalue weighted by atomic mass is 31.2. The Balaban J connectivity index is 1.15. The zero-order valence-corrected chi connectivity index (χ0v) is 38.6. The first-order valence-electron chi connectivity index (χ1n) is 21.0. The summed E-state index contributed by atoms with van der Waals surface area (Å²) in [4.78, 5) is 0. The van der Waals surface area contributed by atoms with Gasteiger partial charge in [-0.3, -0.25) is 0 Å². The van der Waals surface area contributed by atoms with Crippen molar-refractivity contribution in [3.8, 4) is 23.0 Å². The van der Waals surface area contributed by atoms with Gasteiger partial charge in [0.15, 0.2) is 0 Å². The molecule has 2 aliphatic carbocycles. The van der Waals surface area contributed by atoms with E-state index in [0.29, 0.717) is 6.42 Å². The van der Waals surface area contributed by atoms with Gasteiger partial charge in [0.1, 0.15) is 34.5 Å². The van der Waals surface area contributed by atoms with Crippen LogP contribution in [0.25, 0.3) is 0 Å². The first-order valence-corrected chi connectivity index (χ1v) is 23.2. The molecule has 0 spiro atoms. The molecule has 2 heterocycles. The maximum Gasteiger partial charge on any atom is 0.530 e. The molecule has 0 saturated heterocycles. The first-order chi connectivity index (χ1) is 28.1. The Morgan fingerprint density at radius 2 is 1.14 bits per heavy atom. The Morgan fingerprint density at radius 3 is 1.71 bits per heavy atom. The van der Waals surface area contributed by atoms with E-state index in [4.69, 9.17) is 27.1 Å². The van der Waals surface area contributed by atoms with E-state index >= 15 is 0 Å². The molecular weight excluding hydrogens is 771 g/mol. The van der Waals surface area contributed by atoms with E-state index in [9.17, 15) is 0 Å². The first kappa shape index (κ1) is 41.2. The molecule has 4 aromatic rings. The Bertz CT molecular complexity index is 2430. The molecule has 308 valence electrons. The van der Waals surface area contributed by atoms with Gasteiger partial charge in [-0.05, 0) is 157 Å². The van der Waals surface area contributed by atoms with E-state index < -0.39 is 17.2 Å². The van der Waals surface area contributed by atoms with Crippen molar-refractivity contribution in [2.24, 2.45) is 11.8 Å². The molecule has 8 rings (SSSR count). The number of rotatable bonds is 6. The molecule has 0 N–H and O–H groups in total. The molecule has 6 nitrogen and oxygen atoms in total. The molecule has 59 heavy (non-hydrogen) atoms. The van der Waals surface area contributed by atoms with E-state index in [1.54, 1.807) is 0 Å². The average molecular weight is 829 g/mol. The Labute approximate surface area is 354 Å². The normalized spacial score (nSPS) is 20.4. The zero-order valence-electron chi connectivity index (χ0n) is 36.8. The van der Waals surface area contributed by atoms with E-state index in [0.717, 1.165) is 93.6 Å². The molecule has 4 aromatic carbocycles. The summed E-state index contributed by atoms with van der Waals surface area (Å²) in [5.41, 5.74) is 18.6. The minimum Gasteiger partial charge on any atom is -0.412 e. The van der Waals surface area contributed by atoms with Crippen LogP contribution in [0.3, 0.4) is 0 Å². The van der Waals surface area contributed by atoms with Crippen LogP contribution in [0, 0.1) is 67.2 Å². The smallest absolute Gasteiger partial charge is 0.412 e. The summed E-state index contributed by atoms with van der Waals surface area (Å²) in [5, 5.41) is 0. The highest BCUT2D eigenvalue weighted by molar-refractivity contribution is 7.43. The predicted molar refractivity (Wildman–Crippen MR) is 242 cm³/mol. The molecule has 3 unspecified atom stereocenters. The number of aryl methyl sites for hydroxylation is 8. The standard InChI is InChI=1S/C51H58O6P2/c1-28-21-38(11)46(52-58-54-48-34(7)17-13-30(3)42(48)26-43-31(4)14-18-35(8)49(43)55-58)40(23-28)25-41-24-29(2)22-39(12)47(41)53-59-56-50-36(9)19-15-32(5)44(50)27-45-33(6)16-20-37(10)51(45)57-59/h13-19,21-23,37,41H,20,24-27H2,1-12H3. The van der Waals surface area contributed by atoms with Crippen molar-refractivity contribution in [2.75, 3.05) is 0 Å². The predicted octanol–water partition coefficient (Wildman–Crippen LogP) is 14.7. The lowest BCUT2D eigenvalue weighted by Crippen LogP contribution is -2.19. The summed E-state index contributed by atoms with van der Waals surface area (Å²) in [6, 6.07) is 17.4. The van der Waals surface area contributed by atoms with E-state index in [2.05, 4.69) is 144 Å². The van der Waals surface area contributed by atoms with Crippen LogP contribution in [0.15, 0.2) is 94.5 Å². The highest BCUT2D eigenvalue weighted by Crippen LogP contribution is 2.56. The molecule has 0 aromatic heterocycles. The molecule has 2 aliphatic heterocycles. The summed E-state index contributed by atoms with van der Waals surface area (Å²) in [6.07, 6.45) is 8.57. The highest BCUT2D eigenvalue weighted by Gasteiger charge is 2.37. The second kappa shape index (κ2) is 16.5. The average Bonchev–Trinajstić information content (AvgIpc) is 3.16. The summed E-state index contributed by atoms with van der Waals surface area (Å²) in [5.74, 6) is 5.50. The van der Waals surface area contributed by atoms with Gasteiger partial charge in [0.05, 0.1) is 0 Å². The third-order valence-corrected chi connectivity index (χ3v) is 14.6. The number of hydrogen-bond acceptors (Lipinski definition) is 6. The van der Waals surface area contributed by atoms with Gasteiger partial charge < -0.3 is 27.1 Å². The number of allylic oxidation sites excluding steroid dienone is 8. The van der Waals surface area contributed by atoms with Crippen LogP contribution in [0.5, 0.6) is 23.0 Å². The van der Waals surface area contributed by atoms with Gasteiger partial charge in [0, 0.05) is 41.4 Å². The van der Waals surface area contributed by atoms with Crippen LogP contribution >= 0.6 is 17.2 Å². The Kier molecular flexibility index (Phi) is 11.5. The quantitative estimate of drug-likeness (QED) is 0.181. The largest absolute Gasteiger partial charge is 0.530 e. The molecule has 0 saturated carbocycles. The van der Waals surface area contributed by atoms with Crippen molar-refractivity contribution >= 4 is 17.2 Å². The summed E-state index contributed by atoms with van der Waals surface area (Å²) < 4.78 is 41.7. The van der Waals surface area contributed by atoms with E-state index in [1.807, 2.05) is 0 Å². The fourth-order valence-corrected chi connectivity index (χ4v) is 11.9. The van der Waals surface area contributed by atoms with Gasteiger partial charge in [-0.15, -0.1) is 0 Å². The molecular formula is C51H58O6P2. The lowest BCUT2D eigenvalue weighted by atomic mass is 9.84. The van der Waals surface area contributed by atoms with Crippen LogP contribution in [0.1, 0.15) is 107 Å². The number of fused-ring (bicyclic) bond motifs is 3. The minimum atomic E-state index is -1.88. The van der Waals surface area contributed by atoms with Gasteiger partial charge in [0.25, 0.3) is 0 Å². The lowest BCUT2D eigenvalue weighted by Gasteiger charge is -2.34. The summed E-state index contributed by atoms with van der Waals surface area (Å²) in [6.45, 7) is 25.9. The monoisotopic (exact) mass is 828 g/mol. The number of benzene rings is 4. The molecule has 8 heteroatoms. The van der Waals surface area contributed by atoms with E-state index in [1.165, 1.54) is 55.7 Å². The van der Waals surface area contributed by atoms with Crippen molar-refractivity contribution in [3.63, 3.8) is 0 Å². The second-order valence-corrected chi connectivity index (χ2v) is 19.4. The van der Waals surface area contributed by atoms with Gasteiger partial charge in [-0.1, -0.05) is 78.7 Å². The molecule has 0 radical (unpaired) electrons. The third-order valence-electron chi connectivity index (χ3n) is 12.5. The van der Waals surface area contributed by atoms with E-state index in [-0.39, 0.29) is 11.8 Å². The second-order valence-electron chi connectivity index (χ2n) is 17.4. The van der Waals surface area contributed by atoms with Crippen molar-refractivity contribution < 1.29 is 27.1 Å². The summed E-state index contributed by atoms with van der Waals surface area (Å²) >= 11 is 0. The van der Waals surface area contributed by atoms with Crippen LogP contribution in [-0.2, 0) is 28.3 Å². The maximum atomic E-state index is 7.12. The SMILES string of the molecule is CC1=CC(C)=C(OP2OC3=C(Cc4c(C)ccc(C)c4O2)C(C)=CCC3C)C(Cc2cc(C)cc(C)c2OP2Oc3c(C)ccc(C)c3Cc3c(C)ccc(C)c3O2)C1. The molecule has 4 aliphatic rings. The minimum absolute atomic E-state index is 0.0174. The van der Waals surface area contributed by atoms with Crippen LogP contribution in [0.4, 0.5) is 0 Å². The fourth-order valence-electron chi connectivity index (χ4n) is 9.15. The van der Waals surface area contributed by atoms with Crippen molar-refractivity contribution in [3.05, 3.63) is 161 Å². The van der Waals surface area contributed by atoms with Crippen LogP contribution in [-0.4, -0.2) is 0 Å². The van der Waals surface area contributed by atoms with Gasteiger partial charge >= 0.3 is 17.2 Å².